The Kier molecular flexibility index (Phi) is 16.2. The molecule has 2 heterocycles. The van der Waals surface area contributed by atoms with Gasteiger partial charge in [0.15, 0.2) is 0 Å². The maximum absolute atomic E-state index is 13.3. The Labute approximate surface area is 313 Å². The van der Waals surface area contributed by atoms with Crippen molar-refractivity contribution in [1.29, 1.82) is 0 Å². The average molecular weight is 737 g/mol. The zero-order valence-corrected chi connectivity index (χ0v) is 31.6. The van der Waals surface area contributed by atoms with Gasteiger partial charge in [-0.2, -0.15) is 0 Å². The van der Waals surface area contributed by atoms with Gasteiger partial charge in [-0.05, 0) is 64.0 Å². The lowest BCUT2D eigenvalue weighted by Crippen LogP contribution is -2.50. The number of hydrogen-bond acceptors (Lipinski definition) is 8. The molecule has 0 atom stereocenters. The van der Waals surface area contributed by atoms with Gasteiger partial charge in [-0.25, -0.2) is 10.0 Å². The molecule has 0 aliphatic carbocycles. The van der Waals surface area contributed by atoms with Crippen LogP contribution in [0.25, 0.3) is 0 Å². The minimum atomic E-state index is -0.537. The summed E-state index contributed by atoms with van der Waals surface area (Å²) in [4.78, 5) is 61.1. The second-order valence-corrected chi connectivity index (χ2v) is 14.1. The number of rotatable bonds is 14. The van der Waals surface area contributed by atoms with Gasteiger partial charge in [-0.1, -0.05) is 60.8 Å². The number of nitrogens with zero attached hydrogens (tertiary/aromatic N) is 6. The van der Waals surface area contributed by atoms with Crippen LogP contribution in [0.5, 0.6) is 0 Å². The van der Waals surface area contributed by atoms with E-state index in [0.29, 0.717) is 72.7 Å². The van der Waals surface area contributed by atoms with Crippen molar-refractivity contribution >= 4 is 69.4 Å². The molecule has 2 aromatic rings. The number of unbranched alkanes of at least 4 members (excludes halogenated alkanes) is 2. The van der Waals surface area contributed by atoms with Gasteiger partial charge in [0.1, 0.15) is 16.4 Å². The van der Waals surface area contributed by atoms with E-state index in [4.69, 9.17) is 24.4 Å². The van der Waals surface area contributed by atoms with Crippen molar-refractivity contribution in [3.8, 4) is 0 Å². The number of carbonyl (C=O) groups excluding carboxylic acids is 4. The fraction of sp³-hybridized carbons (Fsp3) is 0.514. The van der Waals surface area contributed by atoms with E-state index in [1.165, 1.54) is 10.0 Å². The van der Waals surface area contributed by atoms with Crippen LogP contribution in [0.15, 0.2) is 60.7 Å². The van der Waals surface area contributed by atoms with E-state index >= 15 is 0 Å². The Morgan fingerprint density at radius 3 is 1.24 bits per heavy atom. The lowest BCUT2D eigenvalue weighted by Gasteiger charge is -2.32. The maximum atomic E-state index is 13.3. The molecule has 0 bridgehead atoms. The molecule has 2 aromatic carbocycles. The van der Waals surface area contributed by atoms with Crippen LogP contribution < -0.4 is 20.9 Å². The summed E-state index contributed by atoms with van der Waals surface area (Å²) in [6.45, 7) is 6.56. The van der Waals surface area contributed by atoms with E-state index in [-0.39, 0.29) is 11.8 Å². The van der Waals surface area contributed by atoms with Crippen LogP contribution in [0.3, 0.4) is 0 Å². The average Bonchev–Trinajstić information content (AvgIpc) is 3.14. The molecule has 12 nitrogen and oxygen atoms in total. The van der Waals surface area contributed by atoms with E-state index in [1.807, 2.05) is 70.5 Å². The molecule has 276 valence electrons. The smallest absolute Gasteiger partial charge is 0.248 e. The summed E-state index contributed by atoms with van der Waals surface area (Å²) >= 11 is 11.5. The Balaban J connectivity index is 1.27. The summed E-state index contributed by atoms with van der Waals surface area (Å²) in [6, 6.07) is 18.5. The zero-order valence-electron chi connectivity index (χ0n) is 29.9. The van der Waals surface area contributed by atoms with Crippen molar-refractivity contribution < 1.29 is 19.2 Å². The number of thiocarbonyl (C=S) groups is 2. The maximum Gasteiger partial charge on any atom is 0.248 e. The first-order chi connectivity index (χ1) is 24.6. The molecule has 0 spiro atoms. The van der Waals surface area contributed by atoms with Gasteiger partial charge in [-0.3, -0.25) is 30.0 Å². The molecule has 0 saturated carbocycles. The van der Waals surface area contributed by atoms with Gasteiger partial charge < -0.3 is 19.6 Å². The van der Waals surface area contributed by atoms with Crippen molar-refractivity contribution in [3.05, 3.63) is 60.7 Å². The van der Waals surface area contributed by atoms with E-state index in [0.717, 1.165) is 52.4 Å². The van der Waals surface area contributed by atoms with Gasteiger partial charge in [-0.15, -0.1) is 0 Å². The van der Waals surface area contributed by atoms with Gasteiger partial charge >= 0.3 is 0 Å². The minimum Gasteiger partial charge on any atom is -0.340 e. The molecule has 51 heavy (non-hydrogen) atoms. The zero-order chi connectivity index (χ0) is 36.6. The summed E-state index contributed by atoms with van der Waals surface area (Å²) < 4.78 is 0. The third-order valence-corrected chi connectivity index (χ3v) is 9.87. The van der Waals surface area contributed by atoms with Crippen molar-refractivity contribution in [2.75, 3.05) is 76.5 Å². The van der Waals surface area contributed by atoms with Crippen LogP contribution in [0, 0.1) is 0 Å². The lowest BCUT2D eigenvalue weighted by molar-refractivity contribution is -0.133. The van der Waals surface area contributed by atoms with Crippen LogP contribution in [-0.4, -0.2) is 120 Å². The van der Waals surface area contributed by atoms with E-state index in [1.54, 1.807) is 0 Å². The summed E-state index contributed by atoms with van der Waals surface area (Å²) in [5.74, 6) is -0.752. The Morgan fingerprint density at radius 1 is 0.549 bits per heavy atom. The highest BCUT2D eigenvalue weighted by Gasteiger charge is 2.23. The summed E-state index contributed by atoms with van der Waals surface area (Å²) in [5, 5.41) is 3.08. The molecule has 0 aromatic heterocycles. The standard InChI is InChI=1S/C37H52N8O4S2/c1-40-21-25-42(26-22-40)34(48)17-9-11-19-36(50)44(30-13-5-3-6-14-30)38-32(46)29-33(47)39-45(31-15-7-4-8-16-31)37(51)20-12-10-18-35(49)43-27-23-41(2)24-28-43/h3-8,13-16H,9-12,17-29H2,1-2H3,(H,38,46)(H,39,47). The number of anilines is 2. The molecule has 0 radical (unpaired) electrons. The molecular formula is C37H52N8O4S2. The number of para-hydroxylation sites is 2. The fourth-order valence-corrected chi connectivity index (χ4v) is 6.52. The van der Waals surface area contributed by atoms with Gasteiger partial charge in [0.05, 0.1) is 11.4 Å². The van der Waals surface area contributed by atoms with Crippen LogP contribution in [0.1, 0.15) is 57.8 Å². The fourth-order valence-electron chi connectivity index (χ4n) is 5.93. The Hall–Kier alpha value is -3.98. The number of hydrogen-bond donors (Lipinski definition) is 2. The van der Waals surface area contributed by atoms with E-state index in [9.17, 15) is 19.2 Å². The van der Waals surface area contributed by atoms with E-state index in [2.05, 4.69) is 34.7 Å². The molecule has 4 amide bonds. The first kappa shape index (κ1) is 39.8. The van der Waals surface area contributed by atoms with E-state index < -0.39 is 18.2 Å². The number of amides is 4. The van der Waals surface area contributed by atoms with Crippen molar-refractivity contribution in [3.63, 3.8) is 0 Å². The quantitative estimate of drug-likeness (QED) is 0.129. The predicted octanol–water partition coefficient (Wildman–Crippen LogP) is 3.78. The normalized spacial score (nSPS) is 15.2. The number of piperazine rings is 2. The molecule has 2 N–H and O–H groups in total. The molecule has 2 aliphatic heterocycles. The molecule has 0 unspecified atom stereocenters. The second kappa shape index (κ2) is 20.8. The first-order valence-electron chi connectivity index (χ1n) is 17.9. The number of hydrazine groups is 2. The predicted molar refractivity (Wildman–Crippen MR) is 209 cm³/mol. The summed E-state index contributed by atoms with van der Waals surface area (Å²) in [6.07, 6.45) is 4.18. The van der Waals surface area contributed by atoms with Gasteiger partial charge in [0.2, 0.25) is 23.6 Å². The van der Waals surface area contributed by atoms with Crippen molar-refractivity contribution in [2.45, 2.75) is 57.8 Å². The van der Waals surface area contributed by atoms with Gasteiger partial charge in [0.25, 0.3) is 0 Å². The molecule has 4 rings (SSSR count). The molecule has 2 fully saturated rings. The third-order valence-electron chi connectivity index (χ3n) is 9.10. The molecule has 2 saturated heterocycles. The highest BCUT2D eigenvalue weighted by molar-refractivity contribution is 7.80. The van der Waals surface area contributed by atoms with Crippen LogP contribution in [0.4, 0.5) is 11.4 Å². The van der Waals surface area contributed by atoms with Crippen LogP contribution >= 0.6 is 24.4 Å². The molecule has 14 heteroatoms. The topological polar surface area (TPSA) is 112 Å². The molecular weight excluding hydrogens is 685 g/mol. The van der Waals surface area contributed by atoms with Crippen LogP contribution in [-0.2, 0) is 19.2 Å². The van der Waals surface area contributed by atoms with Crippen LogP contribution in [0.2, 0.25) is 0 Å². The lowest BCUT2D eigenvalue weighted by atomic mass is 10.1. The third kappa shape index (κ3) is 13.3. The SMILES string of the molecule is CN1CCN(C(=O)CCCCC(=S)N(NC(=O)CC(=O)NN(C(=S)CCCCC(=O)N2CCN(C)CC2)c2ccccc2)c2ccccc2)CC1. The summed E-state index contributed by atoms with van der Waals surface area (Å²) in [5.41, 5.74) is 6.97. The number of benzene rings is 2. The summed E-state index contributed by atoms with van der Waals surface area (Å²) in [7, 11) is 4.12. The Morgan fingerprint density at radius 2 is 0.882 bits per heavy atom. The van der Waals surface area contributed by atoms with Crippen molar-refractivity contribution in [2.24, 2.45) is 0 Å². The minimum absolute atomic E-state index is 0.161. The highest BCUT2D eigenvalue weighted by atomic mass is 32.1. The molecule has 2 aliphatic rings. The van der Waals surface area contributed by atoms with Crippen molar-refractivity contribution in [1.82, 2.24) is 30.5 Å². The second-order valence-electron chi connectivity index (χ2n) is 13.2. The Bertz CT molecular complexity index is 1360. The largest absolute Gasteiger partial charge is 0.340 e. The number of nitrogens with one attached hydrogen (secondary N) is 2. The number of carbonyl (C=O) groups is 4. The number of likely N-dealkylation sites (N-methyl/N-ethyl adjacent to an activating group) is 2. The first-order valence-corrected chi connectivity index (χ1v) is 18.7. The monoisotopic (exact) mass is 736 g/mol. The van der Waals surface area contributed by atoms with Gasteiger partial charge in [0, 0.05) is 78.0 Å². The highest BCUT2D eigenvalue weighted by Crippen LogP contribution is 2.18.